The molecular weight excluding hydrogens is 314 g/mol. The van der Waals surface area contributed by atoms with Gasteiger partial charge in [0.05, 0.1) is 22.5 Å². The van der Waals surface area contributed by atoms with Gasteiger partial charge in [0.25, 0.3) is 5.56 Å². The minimum atomic E-state index is -3.64. The van der Waals surface area contributed by atoms with Crippen LogP contribution < -0.4 is 10.3 Å². The number of aromatic nitrogens is 2. The molecule has 0 bridgehead atoms. The molecule has 0 aliphatic heterocycles. The topological polar surface area (TPSA) is 91.9 Å². The monoisotopic (exact) mass is 329 g/mol. The molecule has 0 atom stereocenters. The molecule has 3 aromatic rings. The third-order valence-electron chi connectivity index (χ3n) is 3.54. The number of rotatable bonds is 4. The average molecular weight is 329 g/mol. The van der Waals surface area contributed by atoms with E-state index in [1.165, 1.54) is 0 Å². The molecule has 0 saturated heterocycles. The highest BCUT2D eigenvalue weighted by atomic mass is 32.2. The van der Waals surface area contributed by atoms with Gasteiger partial charge < -0.3 is 0 Å². The van der Waals surface area contributed by atoms with Crippen molar-refractivity contribution in [1.82, 2.24) is 14.9 Å². The lowest BCUT2D eigenvalue weighted by molar-refractivity contribution is 0.580. The summed E-state index contributed by atoms with van der Waals surface area (Å²) in [5.74, 6) is 0. The lowest BCUT2D eigenvalue weighted by Crippen LogP contribution is -2.25. The number of H-pyrrole nitrogens is 1. The number of aromatic amines is 1. The van der Waals surface area contributed by atoms with Gasteiger partial charge in [-0.15, -0.1) is 0 Å². The van der Waals surface area contributed by atoms with Crippen LogP contribution in [-0.2, 0) is 16.6 Å². The van der Waals surface area contributed by atoms with Crippen molar-refractivity contribution < 1.29 is 8.42 Å². The number of hydrogen-bond acceptors (Lipinski definition) is 4. The maximum atomic E-state index is 12.3. The first-order valence-corrected chi connectivity index (χ1v) is 8.48. The van der Waals surface area contributed by atoms with Crippen molar-refractivity contribution in [2.75, 3.05) is 0 Å². The van der Waals surface area contributed by atoms with E-state index in [0.717, 1.165) is 5.56 Å². The van der Waals surface area contributed by atoms with Crippen LogP contribution in [0.2, 0.25) is 0 Å². The van der Waals surface area contributed by atoms with E-state index in [9.17, 15) is 13.2 Å². The molecule has 2 N–H and O–H groups in total. The molecule has 1 aromatic heterocycles. The molecule has 7 heteroatoms. The van der Waals surface area contributed by atoms with Gasteiger partial charge in [0.2, 0.25) is 10.0 Å². The molecule has 0 unspecified atom stereocenters. The van der Waals surface area contributed by atoms with E-state index < -0.39 is 10.0 Å². The van der Waals surface area contributed by atoms with Crippen LogP contribution in [-0.4, -0.2) is 18.6 Å². The molecule has 6 nitrogen and oxygen atoms in total. The Hall–Kier alpha value is -2.51. The quantitative estimate of drug-likeness (QED) is 0.762. The third-order valence-corrected chi connectivity index (χ3v) is 4.95. The Morgan fingerprint density at radius 2 is 1.70 bits per heavy atom. The van der Waals surface area contributed by atoms with E-state index in [1.807, 2.05) is 6.92 Å². The molecular formula is C16H15N3O3S. The van der Waals surface area contributed by atoms with Gasteiger partial charge in [0, 0.05) is 5.39 Å². The minimum absolute atomic E-state index is 0.00645. The molecule has 23 heavy (non-hydrogen) atoms. The van der Waals surface area contributed by atoms with Gasteiger partial charge in [0.15, 0.2) is 0 Å². The highest BCUT2D eigenvalue weighted by Crippen LogP contribution is 2.14. The van der Waals surface area contributed by atoms with E-state index >= 15 is 0 Å². The minimum Gasteiger partial charge on any atom is -0.267 e. The van der Waals surface area contributed by atoms with Crippen LogP contribution in [0.3, 0.4) is 0 Å². The highest BCUT2D eigenvalue weighted by molar-refractivity contribution is 7.89. The molecule has 0 fully saturated rings. The van der Waals surface area contributed by atoms with Crippen molar-refractivity contribution >= 4 is 20.8 Å². The summed E-state index contributed by atoms with van der Waals surface area (Å²) in [6.45, 7) is 1.88. The molecule has 0 radical (unpaired) electrons. The van der Waals surface area contributed by atoms with Crippen LogP contribution in [0, 0.1) is 6.92 Å². The molecule has 118 valence electrons. The van der Waals surface area contributed by atoms with E-state index in [-0.39, 0.29) is 17.0 Å². The maximum Gasteiger partial charge on any atom is 0.272 e. The van der Waals surface area contributed by atoms with Crippen molar-refractivity contribution in [1.29, 1.82) is 0 Å². The molecule has 0 aliphatic rings. The van der Waals surface area contributed by atoms with Crippen LogP contribution in [0.1, 0.15) is 11.3 Å². The predicted octanol–water partition coefficient (Wildman–Crippen LogP) is 1.71. The lowest BCUT2D eigenvalue weighted by Gasteiger charge is -2.08. The molecule has 0 saturated carbocycles. The number of nitrogens with one attached hydrogen (secondary N) is 2. The third kappa shape index (κ3) is 3.15. The first kappa shape index (κ1) is 15.4. The summed E-state index contributed by atoms with van der Waals surface area (Å²) in [6, 6.07) is 13.5. The number of benzene rings is 2. The zero-order chi connectivity index (χ0) is 16.4. The van der Waals surface area contributed by atoms with Crippen LogP contribution in [0.15, 0.2) is 58.2 Å². The zero-order valence-electron chi connectivity index (χ0n) is 12.4. The van der Waals surface area contributed by atoms with E-state index in [0.29, 0.717) is 16.5 Å². The molecule has 0 spiro atoms. The van der Waals surface area contributed by atoms with Crippen LogP contribution in [0.4, 0.5) is 0 Å². The number of nitrogens with zero attached hydrogens (tertiary/aromatic N) is 1. The van der Waals surface area contributed by atoms with E-state index in [2.05, 4.69) is 14.9 Å². The number of aryl methyl sites for hydroxylation is 1. The summed E-state index contributed by atoms with van der Waals surface area (Å²) in [5, 5.41) is 7.45. The Balaban J connectivity index is 1.90. The summed E-state index contributed by atoms with van der Waals surface area (Å²) >= 11 is 0. The smallest absolute Gasteiger partial charge is 0.267 e. The maximum absolute atomic E-state index is 12.3. The van der Waals surface area contributed by atoms with E-state index in [4.69, 9.17) is 0 Å². The van der Waals surface area contributed by atoms with Crippen LogP contribution >= 0.6 is 0 Å². The summed E-state index contributed by atoms with van der Waals surface area (Å²) in [4.78, 5) is 11.9. The average Bonchev–Trinajstić information content (AvgIpc) is 2.55. The summed E-state index contributed by atoms with van der Waals surface area (Å²) in [5.41, 5.74) is 1.15. The lowest BCUT2D eigenvalue weighted by atomic mass is 10.1. The summed E-state index contributed by atoms with van der Waals surface area (Å²) < 4.78 is 27.1. The fourth-order valence-corrected chi connectivity index (χ4v) is 3.26. The Bertz CT molecular complexity index is 1010. The molecule has 0 amide bonds. The number of hydrogen-bond donors (Lipinski definition) is 2. The fourth-order valence-electron chi connectivity index (χ4n) is 2.27. The molecule has 1 heterocycles. The van der Waals surface area contributed by atoms with Crippen molar-refractivity contribution in [3.63, 3.8) is 0 Å². The SMILES string of the molecule is Cc1ccc(S(=O)(=O)NCc2n[nH]c(=O)c3ccccc23)cc1. The Kier molecular flexibility index (Phi) is 3.97. The Morgan fingerprint density at radius 3 is 2.39 bits per heavy atom. The van der Waals surface area contributed by atoms with Gasteiger partial charge in [0.1, 0.15) is 0 Å². The predicted molar refractivity (Wildman–Crippen MR) is 87.6 cm³/mol. The second kappa shape index (κ2) is 5.94. The van der Waals surface area contributed by atoms with Crippen LogP contribution in [0.5, 0.6) is 0 Å². The standard InChI is InChI=1S/C16H15N3O3S/c1-11-6-8-12(9-7-11)23(21,22)17-10-15-13-4-2-3-5-14(13)16(20)19-18-15/h2-9,17H,10H2,1H3,(H,19,20). The highest BCUT2D eigenvalue weighted by Gasteiger charge is 2.15. The number of fused-ring (bicyclic) bond motifs is 1. The van der Waals surface area contributed by atoms with Crippen molar-refractivity contribution in [3.05, 3.63) is 70.1 Å². The van der Waals surface area contributed by atoms with Crippen molar-refractivity contribution in [2.45, 2.75) is 18.4 Å². The van der Waals surface area contributed by atoms with Gasteiger partial charge in [-0.3, -0.25) is 4.79 Å². The molecule has 0 aliphatic carbocycles. The second-order valence-corrected chi connectivity index (χ2v) is 6.95. The van der Waals surface area contributed by atoms with Gasteiger partial charge in [-0.1, -0.05) is 35.9 Å². The van der Waals surface area contributed by atoms with Crippen molar-refractivity contribution in [3.8, 4) is 0 Å². The fraction of sp³-hybridized carbons (Fsp3) is 0.125. The molecule has 2 aromatic carbocycles. The number of sulfonamides is 1. The van der Waals surface area contributed by atoms with Crippen LogP contribution in [0.25, 0.3) is 10.8 Å². The Labute approximate surface area is 133 Å². The van der Waals surface area contributed by atoms with Gasteiger partial charge in [-0.25, -0.2) is 18.2 Å². The normalized spacial score (nSPS) is 11.7. The van der Waals surface area contributed by atoms with Crippen molar-refractivity contribution in [2.24, 2.45) is 0 Å². The van der Waals surface area contributed by atoms with E-state index in [1.54, 1.807) is 48.5 Å². The van der Waals surface area contributed by atoms with Gasteiger partial charge in [-0.05, 0) is 25.1 Å². The first-order valence-electron chi connectivity index (χ1n) is 7.00. The summed E-state index contributed by atoms with van der Waals surface area (Å²) in [7, 11) is -3.64. The largest absolute Gasteiger partial charge is 0.272 e. The molecule has 3 rings (SSSR count). The second-order valence-electron chi connectivity index (χ2n) is 5.18. The zero-order valence-corrected chi connectivity index (χ0v) is 13.2. The first-order chi connectivity index (χ1) is 11.0. The Morgan fingerprint density at radius 1 is 1.04 bits per heavy atom. The summed E-state index contributed by atoms with van der Waals surface area (Å²) in [6.07, 6.45) is 0. The van der Waals surface area contributed by atoms with Gasteiger partial charge >= 0.3 is 0 Å². The van der Waals surface area contributed by atoms with Gasteiger partial charge in [-0.2, -0.15) is 5.10 Å².